The molecule has 3 aliphatic heterocycles. The second-order valence-electron chi connectivity index (χ2n) is 11.6. The molecule has 0 radical (unpaired) electrons. The van der Waals surface area contributed by atoms with E-state index in [2.05, 4.69) is 43.2 Å². The molecule has 0 unspecified atom stereocenters. The Morgan fingerprint density at radius 3 is 2.55 bits per heavy atom. The van der Waals surface area contributed by atoms with Gasteiger partial charge in [-0.15, -0.1) is 0 Å². The third-order valence-electron chi connectivity index (χ3n) is 7.15. The number of carbonyl (C=O) groups excluding carboxylic acids is 3. The number of halogens is 1. The van der Waals surface area contributed by atoms with Crippen molar-refractivity contribution < 1.29 is 24.9 Å². The third-order valence-corrected chi connectivity index (χ3v) is 7.15. The molecule has 2 aromatic carbocycles. The van der Waals surface area contributed by atoms with Crippen LogP contribution in [0, 0.1) is 5.82 Å². The average molecular weight is 524 g/mol. The van der Waals surface area contributed by atoms with Gasteiger partial charge in [0.1, 0.15) is 11.8 Å². The van der Waals surface area contributed by atoms with Crippen molar-refractivity contribution in [2.75, 3.05) is 18.4 Å². The molecule has 2 saturated heterocycles. The van der Waals surface area contributed by atoms with Crippen LogP contribution >= 0.6 is 0 Å². The number of anilines is 1. The van der Waals surface area contributed by atoms with Crippen LogP contribution in [0.1, 0.15) is 69.0 Å². The highest BCUT2D eigenvalue weighted by Gasteiger charge is 2.40. The van der Waals surface area contributed by atoms with Crippen LogP contribution in [-0.2, 0) is 34.0 Å². The number of ether oxygens (including phenoxy) is 1. The molecule has 0 aromatic heterocycles. The molecule has 0 bridgehead atoms. The fourth-order valence-corrected chi connectivity index (χ4v) is 5.92. The van der Waals surface area contributed by atoms with Gasteiger partial charge in [-0.05, 0) is 57.9 Å². The number of hydrogen-bond donors (Lipinski definition) is 2. The summed E-state index contributed by atoms with van der Waals surface area (Å²) in [6, 6.07) is 8.59. The molecule has 3 aliphatic rings. The minimum atomic E-state index is -1.85. The van der Waals surface area contributed by atoms with Crippen LogP contribution in [0.2, 0.25) is 0 Å². The number of carbonyl (C=O) groups is 3. The Hall–Kier alpha value is -3.30. The van der Waals surface area contributed by atoms with Crippen molar-refractivity contribution in [2.45, 2.75) is 77.4 Å². The number of morpholine rings is 1. The van der Waals surface area contributed by atoms with Crippen molar-refractivity contribution in [2.24, 2.45) is 0 Å². The van der Waals surface area contributed by atoms with Gasteiger partial charge in [-0.25, -0.2) is 4.39 Å². The Morgan fingerprint density at radius 2 is 1.87 bits per heavy atom. The number of benzene rings is 2. The fraction of sp³-hybridized carbons (Fsp3) is 0.483. The SMILES string of the molecule is [2H][C@@]1(N2Cc3c(NCc4ccc(CN5CC(C)(C)OC(C)(C)C5)cc4F)cccc3C2=O)CCC(=O)NC1=O. The molecule has 5 rings (SSSR count). The zero-order chi connectivity index (χ0) is 28.2. The van der Waals surface area contributed by atoms with Gasteiger partial charge >= 0.3 is 0 Å². The second kappa shape index (κ2) is 9.78. The summed E-state index contributed by atoms with van der Waals surface area (Å²) in [6.07, 6.45) is -0.0615. The summed E-state index contributed by atoms with van der Waals surface area (Å²) in [7, 11) is 0. The van der Waals surface area contributed by atoms with E-state index in [-0.39, 0.29) is 43.0 Å². The fourth-order valence-electron chi connectivity index (χ4n) is 5.92. The van der Waals surface area contributed by atoms with Gasteiger partial charge in [0, 0.05) is 61.5 Å². The van der Waals surface area contributed by atoms with E-state index in [4.69, 9.17) is 6.11 Å². The Morgan fingerprint density at radius 1 is 1.13 bits per heavy atom. The van der Waals surface area contributed by atoms with Crippen LogP contribution < -0.4 is 10.6 Å². The topological polar surface area (TPSA) is 91.0 Å². The van der Waals surface area contributed by atoms with Gasteiger partial charge in [0.2, 0.25) is 11.8 Å². The molecule has 2 aromatic rings. The molecule has 2 fully saturated rings. The predicted octanol–water partition coefficient (Wildman–Crippen LogP) is 3.59. The molecule has 0 spiro atoms. The average Bonchev–Trinajstić information content (AvgIpc) is 3.17. The molecule has 3 amide bonds. The predicted molar refractivity (Wildman–Crippen MR) is 141 cm³/mol. The molecule has 2 N–H and O–H groups in total. The zero-order valence-electron chi connectivity index (χ0n) is 23.3. The van der Waals surface area contributed by atoms with Gasteiger partial charge in [-0.1, -0.05) is 18.2 Å². The van der Waals surface area contributed by atoms with E-state index in [1.807, 2.05) is 6.07 Å². The molecule has 38 heavy (non-hydrogen) atoms. The summed E-state index contributed by atoms with van der Waals surface area (Å²) in [5.74, 6) is -1.98. The smallest absolute Gasteiger partial charge is 0.255 e. The van der Waals surface area contributed by atoms with Crippen LogP contribution in [0.4, 0.5) is 10.1 Å². The Balaban J connectivity index is 1.27. The monoisotopic (exact) mass is 523 g/mol. The summed E-state index contributed by atoms with van der Waals surface area (Å²) < 4.78 is 30.0. The van der Waals surface area contributed by atoms with Crippen molar-refractivity contribution in [1.82, 2.24) is 15.1 Å². The van der Waals surface area contributed by atoms with Gasteiger partial charge in [-0.3, -0.25) is 24.6 Å². The highest BCUT2D eigenvalue weighted by atomic mass is 19.1. The Kier molecular flexibility index (Phi) is 6.44. The van der Waals surface area contributed by atoms with E-state index in [1.54, 1.807) is 30.3 Å². The minimum absolute atomic E-state index is 0.00317. The van der Waals surface area contributed by atoms with Gasteiger partial charge in [0.25, 0.3) is 5.91 Å². The molecule has 8 nitrogen and oxygen atoms in total. The van der Waals surface area contributed by atoms with Crippen LogP contribution in [0.3, 0.4) is 0 Å². The summed E-state index contributed by atoms with van der Waals surface area (Å²) in [5.41, 5.74) is 2.49. The van der Waals surface area contributed by atoms with Crippen molar-refractivity contribution >= 4 is 23.4 Å². The zero-order valence-corrected chi connectivity index (χ0v) is 22.3. The van der Waals surface area contributed by atoms with Gasteiger partial charge in [0.05, 0.1) is 12.6 Å². The maximum atomic E-state index is 15.1. The van der Waals surface area contributed by atoms with Crippen molar-refractivity contribution in [3.05, 3.63) is 64.5 Å². The number of fused-ring (bicyclic) bond motifs is 1. The third kappa shape index (κ3) is 5.44. The molecule has 202 valence electrons. The standard InChI is InChI=1S/C29H35FN4O4/c1-28(2)16-33(17-29(3,4)38-28)14-18-8-9-19(22(30)12-18)13-31-23-7-5-6-20-21(23)15-34(27(20)37)24-10-11-25(35)32-26(24)36/h5-9,12,24,31H,10-11,13-17H2,1-4H3,(H,32,35,36)/t24-/m1/s1/i24D. The minimum Gasteiger partial charge on any atom is -0.381 e. The molecular weight excluding hydrogens is 487 g/mol. The summed E-state index contributed by atoms with van der Waals surface area (Å²) >= 11 is 0. The van der Waals surface area contributed by atoms with Gasteiger partial charge < -0.3 is 15.0 Å². The number of nitrogens with one attached hydrogen (secondary N) is 2. The number of hydrogen-bond acceptors (Lipinski definition) is 6. The van der Waals surface area contributed by atoms with Crippen molar-refractivity contribution in [3.8, 4) is 0 Å². The number of nitrogens with zero attached hydrogens (tertiary/aromatic N) is 2. The van der Waals surface area contributed by atoms with Gasteiger partial charge in [-0.2, -0.15) is 0 Å². The quantitative estimate of drug-likeness (QED) is 0.563. The highest BCUT2D eigenvalue weighted by molar-refractivity contribution is 6.06. The Bertz CT molecular complexity index is 1330. The summed E-state index contributed by atoms with van der Waals surface area (Å²) in [5, 5.41) is 5.41. The lowest BCUT2D eigenvalue weighted by Crippen LogP contribution is -2.56. The number of rotatable bonds is 6. The molecule has 0 aliphatic carbocycles. The second-order valence-corrected chi connectivity index (χ2v) is 11.6. The lowest BCUT2D eigenvalue weighted by Gasteiger charge is -2.47. The lowest BCUT2D eigenvalue weighted by atomic mass is 9.98. The molecule has 9 heteroatoms. The van der Waals surface area contributed by atoms with E-state index in [1.165, 1.54) is 4.90 Å². The van der Waals surface area contributed by atoms with Crippen LogP contribution in [0.5, 0.6) is 0 Å². The maximum Gasteiger partial charge on any atom is 0.255 e. The molecule has 1 atom stereocenters. The van der Waals surface area contributed by atoms with E-state index < -0.39 is 23.7 Å². The number of amides is 3. The first kappa shape index (κ1) is 25.0. The number of imide groups is 1. The van der Waals surface area contributed by atoms with E-state index in [0.717, 1.165) is 18.7 Å². The first-order valence-corrected chi connectivity index (χ1v) is 13.0. The van der Waals surface area contributed by atoms with Crippen LogP contribution in [0.15, 0.2) is 36.4 Å². The summed E-state index contributed by atoms with van der Waals surface area (Å²) in [6.45, 7) is 10.7. The summed E-state index contributed by atoms with van der Waals surface area (Å²) in [4.78, 5) is 40.7. The highest BCUT2D eigenvalue weighted by Crippen LogP contribution is 2.33. The van der Waals surface area contributed by atoms with E-state index in [0.29, 0.717) is 28.9 Å². The largest absolute Gasteiger partial charge is 0.381 e. The van der Waals surface area contributed by atoms with E-state index in [9.17, 15) is 14.4 Å². The van der Waals surface area contributed by atoms with Gasteiger partial charge in [0.15, 0.2) is 0 Å². The molecule has 0 saturated carbocycles. The first-order valence-electron chi connectivity index (χ1n) is 13.5. The normalized spacial score (nSPS) is 25.1. The molecular formula is C29H35FN4O4. The number of piperidine rings is 1. The Labute approximate surface area is 223 Å². The van der Waals surface area contributed by atoms with Crippen LogP contribution in [-0.4, -0.2) is 57.8 Å². The molecule has 3 heterocycles. The van der Waals surface area contributed by atoms with Crippen LogP contribution in [0.25, 0.3) is 0 Å². The van der Waals surface area contributed by atoms with Crippen molar-refractivity contribution in [1.29, 1.82) is 0 Å². The first-order chi connectivity index (χ1) is 18.3. The lowest BCUT2D eigenvalue weighted by molar-refractivity contribution is -0.182. The van der Waals surface area contributed by atoms with E-state index >= 15 is 4.39 Å². The van der Waals surface area contributed by atoms with Crippen molar-refractivity contribution in [3.63, 3.8) is 0 Å². The maximum absolute atomic E-state index is 15.1.